The topological polar surface area (TPSA) is 72.3 Å². The molecular weight excluding hydrogens is 378 g/mol. The Kier molecular flexibility index (Phi) is 7.19. The molecule has 1 fully saturated rings. The highest BCUT2D eigenvalue weighted by molar-refractivity contribution is 5.98. The van der Waals surface area contributed by atoms with Crippen LogP contribution in [-0.4, -0.2) is 39.5 Å². The molecule has 6 heteroatoms. The van der Waals surface area contributed by atoms with E-state index >= 15 is 0 Å². The van der Waals surface area contributed by atoms with E-state index in [2.05, 4.69) is 18.9 Å². The third-order valence-electron chi connectivity index (χ3n) is 5.56. The molecule has 0 saturated carbocycles. The maximum Gasteiger partial charge on any atom is 0.274 e. The number of nitrogens with zero attached hydrogens (tertiary/aromatic N) is 3. The van der Waals surface area contributed by atoms with Crippen LogP contribution in [0.15, 0.2) is 41.2 Å². The van der Waals surface area contributed by atoms with Crippen LogP contribution in [0.4, 0.5) is 0 Å². The summed E-state index contributed by atoms with van der Waals surface area (Å²) in [5.74, 6) is 0.507. The number of rotatable bonds is 7. The highest BCUT2D eigenvalue weighted by Gasteiger charge is 2.29. The van der Waals surface area contributed by atoms with E-state index in [1.54, 1.807) is 4.90 Å². The van der Waals surface area contributed by atoms with Crippen LogP contribution in [0, 0.1) is 11.8 Å². The zero-order valence-corrected chi connectivity index (χ0v) is 18.1. The number of ketones is 1. The molecule has 0 radical (unpaired) electrons. The van der Waals surface area contributed by atoms with E-state index in [0.717, 1.165) is 18.4 Å². The van der Waals surface area contributed by atoms with Crippen LogP contribution >= 0.6 is 0 Å². The Hall–Kier alpha value is -2.76. The summed E-state index contributed by atoms with van der Waals surface area (Å²) in [5, 5.41) is 4.21. The fraction of sp³-hybridized carbons (Fsp3) is 0.500. The second kappa shape index (κ2) is 9.83. The monoisotopic (exact) mass is 409 g/mol. The van der Waals surface area contributed by atoms with Crippen molar-refractivity contribution in [2.75, 3.05) is 13.1 Å². The third kappa shape index (κ3) is 5.23. The van der Waals surface area contributed by atoms with Gasteiger partial charge in [-0.05, 0) is 43.2 Å². The average Bonchev–Trinajstić information content (AvgIpc) is 2.75. The van der Waals surface area contributed by atoms with Gasteiger partial charge in [0.2, 0.25) is 0 Å². The van der Waals surface area contributed by atoms with Crippen LogP contribution in [0.2, 0.25) is 0 Å². The number of piperidine rings is 1. The molecule has 0 spiro atoms. The molecule has 2 aromatic rings. The van der Waals surface area contributed by atoms with Crippen molar-refractivity contribution < 1.29 is 9.59 Å². The lowest BCUT2D eigenvalue weighted by atomic mass is 9.88. The van der Waals surface area contributed by atoms with E-state index in [4.69, 9.17) is 0 Å². The van der Waals surface area contributed by atoms with Crippen LogP contribution in [0.3, 0.4) is 0 Å². The van der Waals surface area contributed by atoms with Crippen molar-refractivity contribution in [2.45, 2.75) is 53.0 Å². The van der Waals surface area contributed by atoms with Gasteiger partial charge in [-0.3, -0.25) is 14.4 Å². The Bertz CT molecular complexity index is 939. The van der Waals surface area contributed by atoms with E-state index in [-0.39, 0.29) is 28.9 Å². The van der Waals surface area contributed by atoms with Crippen LogP contribution in [0.25, 0.3) is 0 Å². The number of aromatic nitrogens is 2. The summed E-state index contributed by atoms with van der Waals surface area (Å²) in [6.07, 6.45) is 3.07. The number of hydrogen-bond donors (Lipinski definition) is 0. The highest BCUT2D eigenvalue weighted by Crippen LogP contribution is 2.23. The second-order valence-electron chi connectivity index (χ2n) is 8.51. The molecule has 1 aliphatic rings. The first-order chi connectivity index (χ1) is 14.4. The van der Waals surface area contributed by atoms with Gasteiger partial charge in [-0.2, -0.15) is 5.10 Å². The molecule has 0 aliphatic carbocycles. The predicted molar refractivity (Wildman–Crippen MR) is 117 cm³/mol. The van der Waals surface area contributed by atoms with Gasteiger partial charge in [-0.1, -0.05) is 45.0 Å². The van der Waals surface area contributed by atoms with Crippen molar-refractivity contribution in [1.29, 1.82) is 0 Å². The lowest BCUT2D eigenvalue weighted by Gasteiger charge is -2.31. The Balaban J connectivity index is 1.60. The SMILES string of the molecule is CCCn1nc(C(=O)N2CCC(C(=O)c3ccc(CC(C)C)cc3)CC2)ccc1=O. The molecule has 0 bridgehead atoms. The number of hydrogen-bond acceptors (Lipinski definition) is 4. The first-order valence-corrected chi connectivity index (χ1v) is 10.9. The van der Waals surface area contributed by atoms with Gasteiger partial charge in [0, 0.05) is 37.2 Å². The summed E-state index contributed by atoms with van der Waals surface area (Å²) in [6, 6.07) is 10.8. The first-order valence-electron chi connectivity index (χ1n) is 10.9. The summed E-state index contributed by atoms with van der Waals surface area (Å²) in [7, 11) is 0. The van der Waals surface area contributed by atoms with Gasteiger partial charge in [0.15, 0.2) is 5.78 Å². The minimum Gasteiger partial charge on any atom is -0.337 e. The number of carbonyl (C=O) groups excluding carboxylic acids is 2. The molecule has 1 aromatic heterocycles. The molecule has 0 unspecified atom stereocenters. The molecule has 6 nitrogen and oxygen atoms in total. The molecule has 1 aliphatic heterocycles. The number of carbonyl (C=O) groups is 2. The number of amides is 1. The van der Waals surface area contributed by atoms with Gasteiger partial charge >= 0.3 is 0 Å². The minimum atomic E-state index is -0.197. The summed E-state index contributed by atoms with van der Waals surface area (Å²) >= 11 is 0. The third-order valence-corrected chi connectivity index (χ3v) is 5.56. The maximum absolute atomic E-state index is 12.9. The lowest BCUT2D eigenvalue weighted by Crippen LogP contribution is -2.41. The molecule has 1 saturated heterocycles. The fourth-order valence-electron chi connectivity index (χ4n) is 3.95. The summed E-state index contributed by atoms with van der Waals surface area (Å²) in [4.78, 5) is 39.2. The Morgan fingerprint density at radius 2 is 1.73 bits per heavy atom. The van der Waals surface area contributed by atoms with Crippen molar-refractivity contribution in [1.82, 2.24) is 14.7 Å². The molecular formula is C24H31N3O3. The van der Waals surface area contributed by atoms with Crippen molar-refractivity contribution in [3.63, 3.8) is 0 Å². The van der Waals surface area contributed by atoms with Crippen molar-refractivity contribution >= 4 is 11.7 Å². The highest BCUT2D eigenvalue weighted by atomic mass is 16.2. The average molecular weight is 410 g/mol. The first kappa shape index (κ1) is 21.9. The van der Waals surface area contributed by atoms with Gasteiger partial charge in [-0.15, -0.1) is 0 Å². The normalized spacial score (nSPS) is 14.9. The second-order valence-corrected chi connectivity index (χ2v) is 8.51. The zero-order chi connectivity index (χ0) is 21.7. The van der Waals surface area contributed by atoms with Crippen molar-refractivity contribution in [3.8, 4) is 0 Å². The predicted octanol–water partition coefficient (Wildman–Crippen LogP) is 3.59. The van der Waals surface area contributed by atoms with E-state index in [0.29, 0.717) is 38.4 Å². The summed E-state index contributed by atoms with van der Waals surface area (Å²) in [6.45, 7) is 7.86. The fourth-order valence-corrected chi connectivity index (χ4v) is 3.95. The molecule has 30 heavy (non-hydrogen) atoms. The number of benzene rings is 1. The molecule has 0 N–H and O–H groups in total. The van der Waals surface area contributed by atoms with E-state index in [1.807, 2.05) is 31.2 Å². The smallest absolute Gasteiger partial charge is 0.274 e. The zero-order valence-electron chi connectivity index (χ0n) is 18.1. The largest absolute Gasteiger partial charge is 0.337 e. The number of aryl methyl sites for hydroxylation is 1. The van der Waals surface area contributed by atoms with Gasteiger partial charge in [-0.25, -0.2) is 4.68 Å². The molecule has 160 valence electrons. The van der Waals surface area contributed by atoms with Crippen molar-refractivity contribution in [3.05, 3.63) is 63.6 Å². The van der Waals surface area contributed by atoms with Crippen LogP contribution in [0.5, 0.6) is 0 Å². The Morgan fingerprint density at radius 1 is 1.07 bits per heavy atom. The van der Waals surface area contributed by atoms with E-state index < -0.39 is 0 Å². The van der Waals surface area contributed by atoms with Crippen molar-refractivity contribution in [2.24, 2.45) is 11.8 Å². The summed E-state index contributed by atoms with van der Waals surface area (Å²) in [5.41, 5.74) is 2.09. The van der Waals surface area contributed by atoms with Gasteiger partial charge in [0.05, 0.1) is 0 Å². The minimum absolute atomic E-state index is 0.0630. The molecule has 3 rings (SSSR count). The maximum atomic E-state index is 12.9. The molecule has 2 heterocycles. The Morgan fingerprint density at radius 3 is 2.33 bits per heavy atom. The standard InChI is InChI=1S/C24H31N3O3/c1-4-13-27-22(28)10-9-21(25-27)24(30)26-14-11-20(12-15-26)23(29)19-7-5-18(6-8-19)16-17(2)3/h5-10,17,20H,4,11-16H2,1-3H3. The lowest BCUT2D eigenvalue weighted by molar-refractivity contribution is 0.0643. The van der Waals surface area contributed by atoms with E-state index in [1.165, 1.54) is 22.4 Å². The Labute approximate surface area is 177 Å². The van der Waals surface area contributed by atoms with Gasteiger partial charge in [0.1, 0.15) is 5.69 Å². The van der Waals surface area contributed by atoms with Crippen LogP contribution in [0.1, 0.15) is 66.4 Å². The summed E-state index contributed by atoms with van der Waals surface area (Å²) < 4.78 is 1.34. The molecule has 0 atom stereocenters. The molecule has 1 aromatic carbocycles. The molecule has 1 amide bonds. The quantitative estimate of drug-likeness (QED) is 0.655. The van der Waals surface area contributed by atoms with Gasteiger partial charge in [0.25, 0.3) is 11.5 Å². The number of Topliss-reactive ketones (excluding diaryl/α,β-unsaturated/α-hetero) is 1. The van der Waals surface area contributed by atoms with Crippen LogP contribution in [-0.2, 0) is 13.0 Å². The van der Waals surface area contributed by atoms with Gasteiger partial charge < -0.3 is 4.90 Å². The number of likely N-dealkylation sites (tertiary alicyclic amines) is 1. The van der Waals surface area contributed by atoms with E-state index in [9.17, 15) is 14.4 Å². The van der Waals surface area contributed by atoms with Crippen LogP contribution < -0.4 is 5.56 Å².